The number of hydrogen-bond acceptors (Lipinski definition) is 9. The van der Waals surface area contributed by atoms with Crippen molar-refractivity contribution in [3.63, 3.8) is 0 Å². The van der Waals surface area contributed by atoms with Crippen LogP contribution in [0.1, 0.15) is 41.7 Å². The fourth-order valence-corrected chi connectivity index (χ4v) is 5.05. The molecule has 3 aromatic rings. The number of rotatable bonds is 8. The second-order valence-corrected chi connectivity index (χ2v) is 10.0. The Hall–Kier alpha value is -3.54. The van der Waals surface area contributed by atoms with Crippen LogP contribution in [0.4, 0.5) is 17.3 Å². The van der Waals surface area contributed by atoms with Crippen molar-refractivity contribution in [3.05, 3.63) is 47.8 Å². The van der Waals surface area contributed by atoms with Gasteiger partial charge in [-0.3, -0.25) is 14.8 Å². The molecule has 2 aliphatic heterocycles. The number of carbonyl (C=O) groups excluding carboxylic acids is 1. The SMILES string of the molecule is NC(=O)c1nc(-c2ccn[nH]2)c(NC2CCOC3(CC3)C2)nc1Nc1ccc(CN2CCOCC2)cc1. The maximum absolute atomic E-state index is 12.4. The van der Waals surface area contributed by atoms with Gasteiger partial charge in [-0.15, -0.1) is 0 Å². The Bertz CT molecular complexity index is 1240. The Morgan fingerprint density at radius 3 is 2.62 bits per heavy atom. The first-order chi connectivity index (χ1) is 18.1. The highest BCUT2D eigenvalue weighted by molar-refractivity contribution is 5.97. The minimum atomic E-state index is -0.658. The first-order valence-corrected chi connectivity index (χ1v) is 12.9. The van der Waals surface area contributed by atoms with E-state index >= 15 is 0 Å². The molecular formula is C26H32N8O3. The van der Waals surface area contributed by atoms with Crippen molar-refractivity contribution in [1.29, 1.82) is 0 Å². The number of aromatic nitrogens is 4. The zero-order valence-electron chi connectivity index (χ0n) is 20.7. The summed E-state index contributed by atoms with van der Waals surface area (Å²) in [5.74, 6) is 0.227. The molecule has 0 radical (unpaired) electrons. The standard InChI is InChI=1S/C26H32N8O3/c27-23(35)22-25(29-18-3-1-17(2-4-18)16-34-10-13-36-14-11-34)32-24(21(31-22)20-5-9-28-33-20)30-19-6-12-37-26(15-19)7-8-26/h1-5,9,19H,6-8,10-16H2,(H2,27,35)(H,28,33)(H2,29,30,32). The fourth-order valence-electron chi connectivity index (χ4n) is 5.05. The molecule has 0 bridgehead atoms. The second-order valence-electron chi connectivity index (χ2n) is 10.0. The molecule has 1 amide bonds. The summed E-state index contributed by atoms with van der Waals surface area (Å²) in [6, 6.07) is 10.1. The number of hydrogen-bond donors (Lipinski definition) is 4. The maximum atomic E-state index is 12.4. The van der Waals surface area contributed by atoms with Gasteiger partial charge in [0.2, 0.25) is 0 Å². The number of aromatic amines is 1. The number of carbonyl (C=O) groups is 1. The third kappa shape index (κ3) is 5.43. The summed E-state index contributed by atoms with van der Waals surface area (Å²) in [5.41, 5.74) is 8.98. The van der Waals surface area contributed by atoms with Gasteiger partial charge in [0.15, 0.2) is 17.3 Å². The van der Waals surface area contributed by atoms with E-state index in [1.165, 1.54) is 5.56 Å². The van der Waals surface area contributed by atoms with Crippen molar-refractivity contribution >= 4 is 23.2 Å². The maximum Gasteiger partial charge on any atom is 0.271 e. The van der Waals surface area contributed by atoms with Gasteiger partial charge in [-0.2, -0.15) is 5.10 Å². The van der Waals surface area contributed by atoms with E-state index in [1.54, 1.807) is 12.3 Å². The van der Waals surface area contributed by atoms with Gasteiger partial charge in [-0.25, -0.2) is 9.97 Å². The molecule has 2 saturated heterocycles. The Balaban J connectivity index is 1.26. The van der Waals surface area contributed by atoms with Gasteiger partial charge >= 0.3 is 0 Å². The zero-order valence-corrected chi connectivity index (χ0v) is 20.7. The molecule has 1 saturated carbocycles. The van der Waals surface area contributed by atoms with Crippen LogP contribution < -0.4 is 16.4 Å². The summed E-state index contributed by atoms with van der Waals surface area (Å²) in [5, 5.41) is 13.8. The summed E-state index contributed by atoms with van der Waals surface area (Å²) in [4.78, 5) is 24.2. The number of anilines is 3. The van der Waals surface area contributed by atoms with E-state index in [-0.39, 0.29) is 17.3 Å². The van der Waals surface area contributed by atoms with Crippen molar-refractivity contribution in [2.24, 2.45) is 5.73 Å². The zero-order chi connectivity index (χ0) is 25.2. The van der Waals surface area contributed by atoms with Crippen LogP contribution in [-0.2, 0) is 16.0 Å². The third-order valence-electron chi connectivity index (χ3n) is 7.25. The fraction of sp³-hybridized carbons (Fsp3) is 0.462. The molecule has 194 valence electrons. The van der Waals surface area contributed by atoms with E-state index in [1.807, 2.05) is 12.1 Å². The van der Waals surface area contributed by atoms with Gasteiger partial charge in [0, 0.05) is 44.2 Å². The number of morpholine rings is 1. The Morgan fingerprint density at radius 1 is 1.11 bits per heavy atom. The number of nitrogens with two attached hydrogens (primary N) is 1. The van der Waals surface area contributed by atoms with E-state index in [4.69, 9.17) is 20.2 Å². The third-order valence-corrected chi connectivity index (χ3v) is 7.25. The van der Waals surface area contributed by atoms with Crippen LogP contribution in [0.25, 0.3) is 11.4 Å². The lowest BCUT2D eigenvalue weighted by molar-refractivity contribution is -0.00884. The number of benzene rings is 1. The quantitative estimate of drug-likeness (QED) is 0.364. The van der Waals surface area contributed by atoms with Crippen LogP contribution in [0.2, 0.25) is 0 Å². The number of nitrogens with zero attached hydrogens (tertiary/aromatic N) is 4. The predicted octanol–water partition coefficient (Wildman–Crippen LogP) is 2.66. The lowest BCUT2D eigenvalue weighted by atomic mass is 10.0. The highest BCUT2D eigenvalue weighted by atomic mass is 16.5. The van der Waals surface area contributed by atoms with Gasteiger partial charge in [-0.05, 0) is 49.4 Å². The van der Waals surface area contributed by atoms with E-state index in [0.717, 1.165) is 64.2 Å². The molecule has 11 nitrogen and oxygen atoms in total. The lowest BCUT2D eigenvalue weighted by Crippen LogP contribution is -2.36. The number of H-pyrrole nitrogens is 1. The number of nitrogens with one attached hydrogen (secondary N) is 3. The van der Waals surface area contributed by atoms with Crippen LogP contribution in [0.3, 0.4) is 0 Å². The normalized spacial score (nSPS) is 21.0. The second kappa shape index (κ2) is 10.1. The van der Waals surface area contributed by atoms with Crippen LogP contribution in [0, 0.1) is 0 Å². The lowest BCUT2D eigenvalue weighted by Gasteiger charge is -2.31. The van der Waals surface area contributed by atoms with Crippen molar-refractivity contribution < 1.29 is 14.3 Å². The number of amides is 1. The molecule has 2 aromatic heterocycles. The molecule has 1 aliphatic carbocycles. The molecule has 5 N–H and O–H groups in total. The highest BCUT2D eigenvalue weighted by Crippen LogP contribution is 2.47. The van der Waals surface area contributed by atoms with Crippen LogP contribution in [0.5, 0.6) is 0 Å². The molecule has 3 aliphatic rings. The van der Waals surface area contributed by atoms with Gasteiger partial charge in [0.1, 0.15) is 5.69 Å². The van der Waals surface area contributed by atoms with E-state index < -0.39 is 5.91 Å². The molecule has 1 atom stereocenters. The Labute approximate surface area is 215 Å². The topological polar surface area (TPSA) is 143 Å². The van der Waals surface area contributed by atoms with Crippen LogP contribution in [-0.4, -0.2) is 75.5 Å². The minimum Gasteiger partial charge on any atom is -0.379 e. The van der Waals surface area contributed by atoms with Crippen LogP contribution >= 0.6 is 0 Å². The molecule has 3 fully saturated rings. The molecule has 6 rings (SSSR count). The van der Waals surface area contributed by atoms with Gasteiger partial charge in [0.05, 0.1) is 24.5 Å². The monoisotopic (exact) mass is 504 g/mol. The van der Waals surface area contributed by atoms with E-state index in [9.17, 15) is 4.79 Å². The summed E-state index contributed by atoms with van der Waals surface area (Å²) in [6.07, 6.45) is 5.63. The van der Waals surface area contributed by atoms with E-state index in [0.29, 0.717) is 29.6 Å². The number of primary amides is 1. The molecule has 4 heterocycles. The largest absolute Gasteiger partial charge is 0.379 e. The minimum absolute atomic E-state index is 0.00864. The van der Waals surface area contributed by atoms with Gasteiger partial charge in [-0.1, -0.05) is 12.1 Å². The Morgan fingerprint density at radius 2 is 1.92 bits per heavy atom. The predicted molar refractivity (Wildman–Crippen MR) is 139 cm³/mol. The summed E-state index contributed by atoms with van der Waals surface area (Å²) >= 11 is 0. The highest BCUT2D eigenvalue weighted by Gasteiger charge is 2.47. The molecule has 1 unspecified atom stereocenters. The van der Waals surface area contributed by atoms with Crippen molar-refractivity contribution in [3.8, 4) is 11.4 Å². The Kier molecular flexibility index (Phi) is 6.49. The van der Waals surface area contributed by atoms with Gasteiger partial charge in [0.25, 0.3) is 5.91 Å². The van der Waals surface area contributed by atoms with Crippen molar-refractivity contribution in [1.82, 2.24) is 25.1 Å². The molecule has 37 heavy (non-hydrogen) atoms. The first-order valence-electron chi connectivity index (χ1n) is 12.9. The number of ether oxygens (including phenoxy) is 2. The molecule has 1 aromatic carbocycles. The van der Waals surface area contributed by atoms with Crippen molar-refractivity contribution in [2.75, 3.05) is 43.5 Å². The van der Waals surface area contributed by atoms with Crippen LogP contribution in [0.15, 0.2) is 36.5 Å². The van der Waals surface area contributed by atoms with Gasteiger partial charge < -0.3 is 25.8 Å². The smallest absolute Gasteiger partial charge is 0.271 e. The molecule has 11 heteroatoms. The average Bonchev–Trinajstić information content (AvgIpc) is 3.41. The summed E-state index contributed by atoms with van der Waals surface area (Å²) in [7, 11) is 0. The average molecular weight is 505 g/mol. The molecule has 1 spiro atoms. The summed E-state index contributed by atoms with van der Waals surface area (Å²) < 4.78 is 11.4. The van der Waals surface area contributed by atoms with E-state index in [2.05, 4.69) is 42.8 Å². The summed E-state index contributed by atoms with van der Waals surface area (Å²) in [6.45, 7) is 5.00. The molecular weight excluding hydrogens is 472 g/mol. The first kappa shape index (κ1) is 23.8. The van der Waals surface area contributed by atoms with Crippen molar-refractivity contribution in [2.45, 2.75) is 43.9 Å².